The quantitative estimate of drug-likeness (QED) is 0.865. The molecular weight excluding hydrogens is 305 g/mol. The summed E-state index contributed by atoms with van der Waals surface area (Å²) in [4.78, 5) is 20.4. The van der Waals surface area contributed by atoms with Crippen molar-refractivity contribution in [3.8, 4) is 0 Å². The number of carbonyl (C=O) groups is 1. The maximum Gasteiger partial charge on any atom is 0.224 e. The van der Waals surface area contributed by atoms with E-state index in [-0.39, 0.29) is 17.8 Å². The Morgan fingerprint density at radius 1 is 1.17 bits per heavy atom. The van der Waals surface area contributed by atoms with Crippen molar-refractivity contribution in [3.63, 3.8) is 0 Å². The number of anilines is 1. The fourth-order valence-corrected chi connectivity index (χ4v) is 3.33. The zero-order valence-corrected chi connectivity index (χ0v) is 13.9. The second-order valence-corrected chi connectivity index (χ2v) is 6.23. The molecule has 3 rings (SSSR count). The number of amides is 1. The van der Waals surface area contributed by atoms with Crippen molar-refractivity contribution in [2.24, 2.45) is 0 Å². The zero-order valence-electron chi connectivity index (χ0n) is 13.9. The van der Waals surface area contributed by atoms with Gasteiger partial charge >= 0.3 is 0 Å². The van der Waals surface area contributed by atoms with E-state index in [0.29, 0.717) is 0 Å². The van der Waals surface area contributed by atoms with Crippen LogP contribution >= 0.6 is 0 Å². The van der Waals surface area contributed by atoms with E-state index in [1.807, 2.05) is 29.4 Å². The van der Waals surface area contributed by atoms with E-state index in [1.165, 1.54) is 17.7 Å². The normalized spacial score (nSPS) is 16.1. The molecule has 1 aromatic carbocycles. The number of benzene rings is 1. The summed E-state index contributed by atoms with van der Waals surface area (Å²) < 4.78 is 13.1. The first kappa shape index (κ1) is 16.6. The smallest absolute Gasteiger partial charge is 0.224 e. The highest BCUT2D eigenvalue weighted by Gasteiger charge is 2.27. The molecule has 0 radical (unpaired) electrons. The molecule has 0 aliphatic carbocycles. The van der Waals surface area contributed by atoms with Crippen LogP contribution in [0.4, 0.5) is 10.1 Å². The SMILES string of the molecule is CC(=O)N(c1ccc(F)cc1)C1CCN(Cc2ccncc2)CC1. The molecule has 1 aliphatic rings. The summed E-state index contributed by atoms with van der Waals surface area (Å²) in [5.41, 5.74) is 2.03. The second kappa shape index (κ2) is 7.53. The molecule has 1 aromatic heterocycles. The van der Waals surface area contributed by atoms with Crippen LogP contribution in [0.15, 0.2) is 48.8 Å². The molecule has 126 valence electrons. The monoisotopic (exact) mass is 327 g/mol. The van der Waals surface area contributed by atoms with Crippen LogP contribution in [0.3, 0.4) is 0 Å². The molecule has 0 N–H and O–H groups in total. The third kappa shape index (κ3) is 3.97. The molecule has 2 aromatic rings. The second-order valence-electron chi connectivity index (χ2n) is 6.23. The summed E-state index contributed by atoms with van der Waals surface area (Å²) in [5, 5.41) is 0. The van der Waals surface area contributed by atoms with Gasteiger partial charge in [-0.3, -0.25) is 14.7 Å². The van der Waals surface area contributed by atoms with E-state index >= 15 is 0 Å². The molecule has 0 saturated carbocycles. The van der Waals surface area contributed by atoms with Crippen LogP contribution in [-0.2, 0) is 11.3 Å². The maximum absolute atomic E-state index is 13.1. The van der Waals surface area contributed by atoms with Crippen molar-refractivity contribution >= 4 is 11.6 Å². The minimum atomic E-state index is -0.283. The third-order valence-electron chi connectivity index (χ3n) is 4.52. The number of hydrogen-bond donors (Lipinski definition) is 0. The van der Waals surface area contributed by atoms with Crippen LogP contribution in [0.2, 0.25) is 0 Å². The summed E-state index contributed by atoms with van der Waals surface area (Å²) in [6.07, 6.45) is 5.46. The number of piperidine rings is 1. The van der Waals surface area contributed by atoms with Gasteiger partial charge in [-0.2, -0.15) is 0 Å². The van der Waals surface area contributed by atoms with Crippen LogP contribution in [0.5, 0.6) is 0 Å². The van der Waals surface area contributed by atoms with Gasteiger partial charge in [0.05, 0.1) is 0 Å². The Bertz CT molecular complexity index is 667. The molecule has 4 nitrogen and oxygen atoms in total. The molecule has 1 saturated heterocycles. The topological polar surface area (TPSA) is 36.4 Å². The molecule has 1 fully saturated rings. The number of aromatic nitrogens is 1. The van der Waals surface area contributed by atoms with Crippen molar-refractivity contribution in [1.29, 1.82) is 0 Å². The molecule has 1 aliphatic heterocycles. The number of rotatable bonds is 4. The number of carbonyl (C=O) groups excluding carboxylic acids is 1. The largest absolute Gasteiger partial charge is 0.310 e. The number of pyridine rings is 1. The van der Waals surface area contributed by atoms with Crippen molar-refractivity contribution < 1.29 is 9.18 Å². The van der Waals surface area contributed by atoms with E-state index in [0.717, 1.165) is 38.2 Å². The van der Waals surface area contributed by atoms with E-state index in [1.54, 1.807) is 19.1 Å². The summed E-state index contributed by atoms with van der Waals surface area (Å²) in [7, 11) is 0. The molecule has 2 heterocycles. The van der Waals surface area contributed by atoms with Gasteiger partial charge in [-0.25, -0.2) is 4.39 Å². The van der Waals surface area contributed by atoms with Gasteiger partial charge in [-0.15, -0.1) is 0 Å². The van der Waals surface area contributed by atoms with Crippen molar-refractivity contribution in [3.05, 3.63) is 60.2 Å². The number of hydrogen-bond acceptors (Lipinski definition) is 3. The Morgan fingerprint density at radius 2 is 1.79 bits per heavy atom. The Kier molecular flexibility index (Phi) is 5.20. The summed E-state index contributed by atoms with van der Waals surface area (Å²) in [6.45, 7) is 4.37. The predicted octanol–water partition coefficient (Wildman–Crippen LogP) is 3.24. The van der Waals surface area contributed by atoms with E-state index in [4.69, 9.17) is 0 Å². The Labute approximate surface area is 141 Å². The van der Waals surface area contributed by atoms with Crippen LogP contribution in [-0.4, -0.2) is 34.9 Å². The highest BCUT2D eigenvalue weighted by atomic mass is 19.1. The Morgan fingerprint density at radius 3 is 2.38 bits per heavy atom. The van der Waals surface area contributed by atoms with Gasteiger partial charge in [-0.05, 0) is 54.8 Å². The lowest BCUT2D eigenvalue weighted by Crippen LogP contribution is -2.46. The van der Waals surface area contributed by atoms with E-state index < -0.39 is 0 Å². The number of nitrogens with zero attached hydrogens (tertiary/aromatic N) is 3. The summed E-state index contributed by atoms with van der Waals surface area (Å²) in [6, 6.07) is 10.4. The summed E-state index contributed by atoms with van der Waals surface area (Å²) in [5.74, 6) is -0.274. The molecule has 0 bridgehead atoms. The maximum atomic E-state index is 13.1. The first-order valence-electron chi connectivity index (χ1n) is 8.30. The van der Waals surface area contributed by atoms with E-state index in [2.05, 4.69) is 9.88 Å². The molecule has 5 heteroatoms. The zero-order chi connectivity index (χ0) is 16.9. The van der Waals surface area contributed by atoms with Gasteiger partial charge in [0.2, 0.25) is 5.91 Å². The van der Waals surface area contributed by atoms with Gasteiger partial charge in [0.15, 0.2) is 0 Å². The molecule has 0 spiro atoms. The number of likely N-dealkylation sites (tertiary alicyclic amines) is 1. The van der Waals surface area contributed by atoms with Crippen molar-refractivity contribution in [2.75, 3.05) is 18.0 Å². The van der Waals surface area contributed by atoms with E-state index in [9.17, 15) is 9.18 Å². The highest BCUT2D eigenvalue weighted by Crippen LogP contribution is 2.25. The van der Waals surface area contributed by atoms with Crippen LogP contribution in [0, 0.1) is 5.82 Å². The van der Waals surface area contributed by atoms with Gasteiger partial charge in [0.1, 0.15) is 5.82 Å². The van der Waals surface area contributed by atoms with Crippen LogP contribution in [0.25, 0.3) is 0 Å². The Hall–Kier alpha value is -2.27. The molecule has 1 amide bonds. The minimum absolute atomic E-state index is 0.00851. The average Bonchev–Trinajstić information content (AvgIpc) is 2.59. The molecule has 24 heavy (non-hydrogen) atoms. The predicted molar refractivity (Wildman–Crippen MR) is 92.1 cm³/mol. The molecule has 0 unspecified atom stereocenters. The molecule has 0 atom stereocenters. The fraction of sp³-hybridized carbons (Fsp3) is 0.368. The van der Waals surface area contributed by atoms with Crippen LogP contribution in [0.1, 0.15) is 25.3 Å². The van der Waals surface area contributed by atoms with Gasteiger partial charge in [0.25, 0.3) is 0 Å². The van der Waals surface area contributed by atoms with Gasteiger partial charge in [0, 0.05) is 50.7 Å². The average molecular weight is 327 g/mol. The first-order chi connectivity index (χ1) is 11.6. The van der Waals surface area contributed by atoms with Crippen LogP contribution < -0.4 is 4.90 Å². The van der Waals surface area contributed by atoms with Gasteiger partial charge in [-0.1, -0.05) is 0 Å². The molecular formula is C19H22FN3O. The lowest BCUT2D eigenvalue weighted by atomic mass is 10.0. The lowest BCUT2D eigenvalue weighted by Gasteiger charge is -2.38. The van der Waals surface area contributed by atoms with Gasteiger partial charge < -0.3 is 4.90 Å². The first-order valence-corrected chi connectivity index (χ1v) is 8.30. The van der Waals surface area contributed by atoms with Crippen molar-refractivity contribution in [2.45, 2.75) is 32.4 Å². The van der Waals surface area contributed by atoms with Crippen molar-refractivity contribution in [1.82, 2.24) is 9.88 Å². The summed E-state index contributed by atoms with van der Waals surface area (Å²) >= 11 is 0. The lowest BCUT2D eigenvalue weighted by molar-refractivity contribution is -0.117. The Balaban J connectivity index is 1.63. The minimum Gasteiger partial charge on any atom is -0.310 e. The fourth-order valence-electron chi connectivity index (χ4n) is 3.33. The standard InChI is InChI=1S/C19H22FN3O/c1-15(24)23(18-4-2-17(20)3-5-18)19-8-12-22(13-9-19)14-16-6-10-21-11-7-16/h2-7,10-11,19H,8-9,12-14H2,1H3. The third-order valence-corrected chi connectivity index (χ3v) is 4.52. The highest BCUT2D eigenvalue weighted by molar-refractivity contribution is 5.92. The number of halogens is 1.